The van der Waals surface area contributed by atoms with Gasteiger partial charge in [-0.1, -0.05) is 0 Å². The van der Waals surface area contributed by atoms with Gasteiger partial charge >= 0.3 is 0 Å². The quantitative estimate of drug-likeness (QED) is 0.831. The molecule has 0 aliphatic heterocycles. The third kappa shape index (κ3) is 2.15. The van der Waals surface area contributed by atoms with E-state index in [-0.39, 0.29) is 5.75 Å². The average molecular weight is 230 g/mol. The number of aromatic hydroxyl groups is 1. The molecular formula is C13H14N2O2. The summed E-state index contributed by atoms with van der Waals surface area (Å²) in [6, 6.07) is 8.63. The third-order valence-corrected chi connectivity index (χ3v) is 2.58. The average Bonchev–Trinajstić information content (AvgIpc) is 2.30. The summed E-state index contributed by atoms with van der Waals surface area (Å²) in [5.41, 5.74) is 8.27. The topological polar surface area (TPSA) is 68.4 Å². The minimum absolute atomic E-state index is 0.173. The number of ether oxygens (including phenoxy) is 1. The highest BCUT2D eigenvalue weighted by Gasteiger charge is 2.10. The third-order valence-electron chi connectivity index (χ3n) is 2.58. The molecule has 1 aromatic carbocycles. The summed E-state index contributed by atoms with van der Waals surface area (Å²) >= 11 is 0. The summed E-state index contributed by atoms with van der Waals surface area (Å²) in [5, 5.41) is 9.41. The molecule has 0 amide bonds. The number of hydrogen-bond acceptors (Lipinski definition) is 4. The van der Waals surface area contributed by atoms with Gasteiger partial charge in [0, 0.05) is 22.9 Å². The molecule has 1 aromatic heterocycles. The molecule has 0 fully saturated rings. The lowest BCUT2D eigenvalue weighted by Crippen LogP contribution is -1.95. The van der Waals surface area contributed by atoms with Crippen LogP contribution in [0.25, 0.3) is 11.1 Å². The monoisotopic (exact) mass is 230 g/mol. The van der Waals surface area contributed by atoms with Crippen LogP contribution in [0.2, 0.25) is 0 Å². The van der Waals surface area contributed by atoms with Crippen molar-refractivity contribution in [3.8, 4) is 22.6 Å². The fraction of sp³-hybridized carbons (Fsp3) is 0.154. The summed E-state index contributed by atoms with van der Waals surface area (Å²) in [7, 11) is 1.57. The van der Waals surface area contributed by atoms with E-state index in [0.29, 0.717) is 11.6 Å². The van der Waals surface area contributed by atoms with Crippen molar-refractivity contribution >= 4 is 5.82 Å². The van der Waals surface area contributed by atoms with Crippen molar-refractivity contribution in [1.29, 1.82) is 0 Å². The van der Waals surface area contributed by atoms with Gasteiger partial charge in [0.15, 0.2) is 0 Å². The first kappa shape index (κ1) is 11.3. The Hall–Kier alpha value is -2.23. The Labute approximate surface area is 99.7 Å². The van der Waals surface area contributed by atoms with Crippen molar-refractivity contribution in [2.75, 3.05) is 12.8 Å². The van der Waals surface area contributed by atoms with Crippen molar-refractivity contribution in [2.24, 2.45) is 0 Å². The van der Waals surface area contributed by atoms with E-state index in [1.165, 1.54) is 0 Å². The molecule has 0 saturated heterocycles. The molecule has 2 aromatic rings. The predicted octanol–water partition coefficient (Wildman–Crippen LogP) is 2.35. The van der Waals surface area contributed by atoms with Gasteiger partial charge in [-0.15, -0.1) is 0 Å². The maximum Gasteiger partial charge on any atom is 0.130 e. The number of phenols is 1. The van der Waals surface area contributed by atoms with Crippen LogP contribution in [0.4, 0.5) is 5.82 Å². The van der Waals surface area contributed by atoms with Gasteiger partial charge < -0.3 is 15.6 Å². The minimum atomic E-state index is 0.173. The van der Waals surface area contributed by atoms with Crippen LogP contribution in [0.5, 0.6) is 11.5 Å². The van der Waals surface area contributed by atoms with Crippen molar-refractivity contribution < 1.29 is 9.84 Å². The number of pyridine rings is 1. The number of benzene rings is 1. The number of nitrogens with zero attached hydrogens (tertiary/aromatic N) is 1. The molecule has 0 saturated carbocycles. The maximum absolute atomic E-state index is 9.41. The minimum Gasteiger partial charge on any atom is -0.508 e. The van der Waals surface area contributed by atoms with Gasteiger partial charge in [-0.2, -0.15) is 0 Å². The highest BCUT2D eigenvalue weighted by molar-refractivity contribution is 5.73. The second-order valence-electron chi connectivity index (χ2n) is 3.75. The second kappa shape index (κ2) is 4.33. The van der Waals surface area contributed by atoms with Crippen LogP contribution in [-0.4, -0.2) is 17.2 Å². The Morgan fingerprint density at radius 3 is 2.53 bits per heavy atom. The zero-order chi connectivity index (χ0) is 12.4. The number of methoxy groups -OCH3 is 1. The highest BCUT2D eigenvalue weighted by atomic mass is 16.5. The van der Waals surface area contributed by atoms with E-state index in [4.69, 9.17) is 10.5 Å². The van der Waals surface area contributed by atoms with E-state index in [9.17, 15) is 5.11 Å². The van der Waals surface area contributed by atoms with Gasteiger partial charge in [-0.25, -0.2) is 4.98 Å². The molecule has 1 heterocycles. The van der Waals surface area contributed by atoms with Crippen molar-refractivity contribution in [2.45, 2.75) is 6.92 Å². The molecule has 4 nitrogen and oxygen atoms in total. The Morgan fingerprint density at radius 1 is 1.18 bits per heavy atom. The number of nitrogens with two attached hydrogens (primary N) is 1. The summed E-state index contributed by atoms with van der Waals surface area (Å²) in [4.78, 5) is 4.21. The van der Waals surface area contributed by atoms with Crippen LogP contribution in [0.15, 0.2) is 30.3 Å². The van der Waals surface area contributed by atoms with E-state index in [0.717, 1.165) is 16.8 Å². The van der Waals surface area contributed by atoms with Gasteiger partial charge in [0.2, 0.25) is 0 Å². The second-order valence-corrected chi connectivity index (χ2v) is 3.75. The Kier molecular flexibility index (Phi) is 2.87. The van der Waals surface area contributed by atoms with Crippen LogP contribution in [0.1, 0.15) is 5.69 Å². The molecule has 88 valence electrons. The molecule has 0 bridgehead atoms. The van der Waals surface area contributed by atoms with Crippen LogP contribution in [0.3, 0.4) is 0 Å². The number of nitrogen functional groups attached to an aromatic ring is 1. The molecule has 0 aliphatic carbocycles. The predicted molar refractivity (Wildman–Crippen MR) is 67.0 cm³/mol. The van der Waals surface area contributed by atoms with E-state index in [1.807, 2.05) is 13.0 Å². The zero-order valence-electron chi connectivity index (χ0n) is 9.77. The lowest BCUT2D eigenvalue weighted by Gasteiger charge is -2.11. The molecule has 0 spiro atoms. The Morgan fingerprint density at radius 2 is 1.88 bits per heavy atom. The standard InChI is InChI=1S/C13H14N2O2/c1-8-10(5-6-13(14)15-8)11-4-3-9(16)7-12(11)17-2/h3-7,16H,1-2H3,(H2,14,15). The van der Waals surface area contributed by atoms with Crippen molar-refractivity contribution in [1.82, 2.24) is 4.98 Å². The normalized spacial score (nSPS) is 10.2. The summed E-state index contributed by atoms with van der Waals surface area (Å²) < 4.78 is 5.25. The van der Waals surface area contributed by atoms with Crippen LogP contribution >= 0.6 is 0 Å². The number of aromatic nitrogens is 1. The first-order chi connectivity index (χ1) is 8.11. The van der Waals surface area contributed by atoms with Crippen LogP contribution in [0, 0.1) is 6.92 Å². The fourth-order valence-corrected chi connectivity index (χ4v) is 1.77. The lowest BCUT2D eigenvalue weighted by atomic mass is 10.0. The number of phenolic OH excluding ortho intramolecular Hbond substituents is 1. The maximum atomic E-state index is 9.41. The van der Waals surface area contributed by atoms with Gasteiger partial charge in [-0.05, 0) is 31.2 Å². The number of aryl methyl sites for hydroxylation is 1. The summed E-state index contributed by atoms with van der Waals surface area (Å²) in [6.45, 7) is 1.89. The van der Waals surface area contributed by atoms with Gasteiger partial charge in [0.25, 0.3) is 0 Å². The molecule has 4 heteroatoms. The molecule has 0 radical (unpaired) electrons. The highest BCUT2D eigenvalue weighted by Crippen LogP contribution is 2.34. The molecule has 0 atom stereocenters. The zero-order valence-corrected chi connectivity index (χ0v) is 9.77. The number of hydrogen-bond donors (Lipinski definition) is 2. The van der Waals surface area contributed by atoms with E-state index in [1.54, 1.807) is 31.4 Å². The SMILES string of the molecule is COc1cc(O)ccc1-c1ccc(N)nc1C. The first-order valence-electron chi connectivity index (χ1n) is 5.22. The smallest absolute Gasteiger partial charge is 0.130 e. The van der Waals surface area contributed by atoms with Crippen molar-refractivity contribution in [3.63, 3.8) is 0 Å². The van der Waals surface area contributed by atoms with E-state index >= 15 is 0 Å². The van der Waals surface area contributed by atoms with E-state index < -0.39 is 0 Å². The van der Waals surface area contributed by atoms with Gasteiger partial charge in [0.1, 0.15) is 17.3 Å². The molecule has 0 unspecified atom stereocenters. The molecule has 2 rings (SSSR count). The van der Waals surface area contributed by atoms with E-state index in [2.05, 4.69) is 4.98 Å². The largest absolute Gasteiger partial charge is 0.508 e. The van der Waals surface area contributed by atoms with Crippen molar-refractivity contribution in [3.05, 3.63) is 36.0 Å². The van der Waals surface area contributed by atoms with Gasteiger partial charge in [-0.3, -0.25) is 0 Å². The molecular weight excluding hydrogens is 216 g/mol. The van der Waals surface area contributed by atoms with Crippen LogP contribution < -0.4 is 10.5 Å². The molecule has 17 heavy (non-hydrogen) atoms. The number of rotatable bonds is 2. The Bertz CT molecular complexity index is 553. The van der Waals surface area contributed by atoms with Crippen LogP contribution in [-0.2, 0) is 0 Å². The lowest BCUT2D eigenvalue weighted by molar-refractivity contribution is 0.409. The molecule has 3 N–H and O–H groups in total. The molecule has 0 aliphatic rings. The summed E-state index contributed by atoms with van der Waals surface area (Å²) in [5.74, 6) is 1.27. The summed E-state index contributed by atoms with van der Waals surface area (Å²) in [6.07, 6.45) is 0. The first-order valence-corrected chi connectivity index (χ1v) is 5.22. The Balaban J connectivity index is 2.60. The van der Waals surface area contributed by atoms with Gasteiger partial charge in [0.05, 0.1) is 7.11 Å². The fourth-order valence-electron chi connectivity index (χ4n) is 1.77. The number of anilines is 1.